The van der Waals surface area contributed by atoms with Gasteiger partial charge < -0.3 is 14.3 Å². The topological polar surface area (TPSA) is 87.7 Å². The molecule has 1 fully saturated rings. The van der Waals surface area contributed by atoms with Gasteiger partial charge in [-0.1, -0.05) is 35.6 Å². The van der Waals surface area contributed by atoms with E-state index in [1.54, 1.807) is 30.5 Å². The maximum Gasteiger partial charge on any atom is 0.266 e. The Balaban J connectivity index is 1.56. The molecule has 1 aromatic carbocycles. The zero-order valence-corrected chi connectivity index (χ0v) is 17.6. The summed E-state index contributed by atoms with van der Waals surface area (Å²) in [7, 11) is 0. The first kappa shape index (κ1) is 20.3. The van der Waals surface area contributed by atoms with E-state index >= 15 is 0 Å². The van der Waals surface area contributed by atoms with Crippen molar-refractivity contribution in [1.82, 2.24) is 4.90 Å². The zero-order chi connectivity index (χ0) is 21.3. The molecule has 2 aromatic heterocycles. The molecule has 3 heterocycles. The van der Waals surface area contributed by atoms with E-state index in [-0.39, 0.29) is 16.5 Å². The van der Waals surface area contributed by atoms with Gasteiger partial charge in [0, 0.05) is 33.9 Å². The highest BCUT2D eigenvalue weighted by Crippen LogP contribution is 2.34. The second kappa shape index (κ2) is 8.43. The summed E-state index contributed by atoms with van der Waals surface area (Å²) < 4.78 is 6.25. The van der Waals surface area contributed by atoms with E-state index in [2.05, 4.69) is 4.98 Å². The molecule has 0 aliphatic carbocycles. The van der Waals surface area contributed by atoms with Gasteiger partial charge in [-0.3, -0.25) is 9.69 Å². The summed E-state index contributed by atoms with van der Waals surface area (Å²) in [5.41, 5.74) is 1.35. The number of amides is 1. The monoisotopic (exact) mass is 456 g/mol. The molecule has 1 amide bonds. The van der Waals surface area contributed by atoms with Crippen LogP contribution in [0, 0.1) is 0 Å². The molecule has 9 heteroatoms. The van der Waals surface area contributed by atoms with E-state index in [1.165, 1.54) is 28.8 Å². The first-order valence-corrected chi connectivity index (χ1v) is 10.3. The number of furan rings is 1. The number of H-pyrrole nitrogens is 1. The van der Waals surface area contributed by atoms with Crippen LogP contribution in [0.2, 0.25) is 5.02 Å². The van der Waals surface area contributed by atoms with Crippen molar-refractivity contribution in [2.24, 2.45) is 0 Å². The minimum atomic E-state index is -1.37. The summed E-state index contributed by atoms with van der Waals surface area (Å²) in [5.74, 6) is -0.676. The number of hydrogen-bond acceptors (Lipinski definition) is 6. The zero-order valence-electron chi connectivity index (χ0n) is 15.3. The highest BCUT2D eigenvalue weighted by molar-refractivity contribution is 8.26. The highest BCUT2D eigenvalue weighted by atomic mass is 35.5. The van der Waals surface area contributed by atoms with Crippen LogP contribution in [0.4, 0.5) is 0 Å². The minimum absolute atomic E-state index is 0.0882. The van der Waals surface area contributed by atoms with E-state index in [0.717, 1.165) is 5.56 Å². The number of aromatic amines is 1. The molecule has 0 radical (unpaired) electrons. The van der Waals surface area contributed by atoms with E-state index in [4.69, 9.17) is 28.2 Å². The van der Waals surface area contributed by atoms with Gasteiger partial charge in [-0.25, -0.2) is 4.98 Å². The molecule has 0 bridgehead atoms. The van der Waals surface area contributed by atoms with Gasteiger partial charge in [-0.2, -0.15) is 0 Å². The van der Waals surface area contributed by atoms with Gasteiger partial charge in [-0.15, -0.1) is 0 Å². The van der Waals surface area contributed by atoms with E-state index in [9.17, 15) is 14.7 Å². The fraction of sp³-hybridized carbons (Fsp3) is 0.0476. The van der Waals surface area contributed by atoms with Gasteiger partial charge in [-0.05, 0) is 36.4 Å². The lowest BCUT2D eigenvalue weighted by Crippen LogP contribution is -2.27. The highest BCUT2D eigenvalue weighted by Gasteiger charge is 2.32. The fourth-order valence-corrected chi connectivity index (χ4v) is 4.33. The van der Waals surface area contributed by atoms with E-state index < -0.39 is 5.97 Å². The molecule has 0 atom stereocenters. The number of halogens is 1. The summed E-state index contributed by atoms with van der Waals surface area (Å²) in [6.45, 7) is 0.375. The molecule has 150 valence electrons. The van der Waals surface area contributed by atoms with Crippen LogP contribution in [0.15, 0.2) is 64.2 Å². The van der Waals surface area contributed by atoms with Crippen LogP contribution in [0.1, 0.15) is 21.7 Å². The van der Waals surface area contributed by atoms with Gasteiger partial charge in [0.25, 0.3) is 5.91 Å². The average molecular weight is 457 g/mol. The van der Waals surface area contributed by atoms with Crippen LogP contribution in [0.3, 0.4) is 0 Å². The number of thiocarbonyl (C=S) groups is 1. The Hall–Kier alpha value is -2.94. The number of aromatic carboxylic acids is 1. The SMILES string of the molecule is O=C([O-])c1cc(-c2ccc(/C=C3\SC(=S)N(Cc4ccc[nH+]c4)C3=O)o2)ccc1Cl. The molecular weight excluding hydrogens is 444 g/mol. The predicted molar refractivity (Wildman–Crippen MR) is 115 cm³/mol. The Kier molecular flexibility index (Phi) is 5.72. The number of rotatable bonds is 5. The van der Waals surface area contributed by atoms with Crippen LogP contribution >= 0.6 is 35.6 Å². The predicted octanol–water partition coefficient (Wildman–Crippen LogP) is 3.18. The lowest BCUT2D eigenvalue weighted by atomic mass is 10.1. The number of aromatic nitrogens is 1. The number of nitrogens with one attached hydrogen (secondary N) is 1. The third kappa shape index (κ3) is 4.16. The molecule has 0 spiro atoms. The molecule has 1 saturated heterocycles. The molecule has 0 unspecified atom stereocenters. The van der Waals surface area contributed by atoms with Gasteiger partial charge in [0.05, 0.1) is 17.4 Å². The van der Waals surface area contributed by atoms with Crippen LogP contribution in [-0.2, 0) is 11.3 Å². The summed E-state index contributed by atoms with van der Waals surface area (Å²) in [5, 5.41) is 11.3. The van der Waals surface area contributed by atoms with Crippen molar-refractivity contribution in [3.05, 3.63) is 81.7 Å². The average Bonchev–Trinajstić information content (AvgIpc) is 3.29. The summed E-state index contributed by atoms with van der Waals surface area (Å²) in [6.07, 6.45) is 5.22. The van der Waals surface area contributed by atoms with Crippen molar-refractivity contribution >= 4 is 57.9 Å². The number of carboxylic acids is 1. The normalized spacial score (nSPS) is 15.2. The molecule has 1 aliphatic rings. The fourth-order valence-electron chi connectivity index (χ4n) is 2.90. The standard InChI is InChI=1S/C21H13ClN2O4S2/c22-16-5-3-13(8-15(16)20(26)27)17-6-4-14(28-17)9-18-19(25)24(21(29)30-18)11-12-2-1-7-23-10-12/h1-10H,11H2,(H,26,27)/b18-9-. The number of nitrogens with zero attached hydrogens (tertiary/aromatic N) is 1. The summed E-state index contributed by atoms with van der Waals surface area (Å²) in [4.78, 5) is 28.9. The number of carbonyl (C=O) groups excluding carboxylic acids is 2. The second-order valence-corrected chi connectivity index (χ2v) is 8.45. The summed E-state index contributed by atoms with van der Waals surface area (Å²) >= 11 is 12.4. The number of benzene rings is 1. The Morgan fingerprint density at radius 2 is 2.13 bits per heavy atom. The van der Waals surface area contributed by atoms with Gasteiger partial charge in [0.15, 0.2) is 12.4 Å². The number of thioether (sulfide) groups is 1. The van der Waals surface area contributed by atoms with Gasteiger partial charge in [0.2, 0.25) is 0 Å². The van der Waals surface area contributed by atoms with Crippen molar-refractivity contribution in [2.75, 3.05) is 0 Å². The Labute approximate surface area is 186 Å². The molecule has 6 nitrogen and oxygen atoms in total. The lowest BCUT2D eigenvalue weighted by Gasteiger charge is -2.12. The molecular formula is C21H13ClN2O4S2. The number of pyridine rings is 1. The molecule has 0 saturated carbocycles. The van der Waals surface area contributed by atoms with Crippen LogP contribution in [0.5, 0.6) is 0 Å². The molecule has 3 aromatic rings. The molecule has 1 N–H and O–H groups in total. The van der Waals surface area contributed by atoms with Crippen LogP contribution < -0.4 is 10.1 Å². The van der Waals surface area contributed by atoms with Crippen LogP contribution in [-0.4, -0.2) is 21.1 Å². The van der Waals surface area contributed by atoms with Gasteiger partial charge in [0.1, 0.15) is 15.8 Å². The Morgan fingerprint density at radius 1 is 1.30 bits per heavy atom. The van der Waals surface area contributed by atoms with Crippen molar-refractivity contribution in [2.45, 2.75) is 6.54 Å². The third-order valence-electron chi connectivity index (χ3n) is 4.36. The Morgan fingerprint density at radius 3 is 2.87 bits per heavy atom. The number of carboxylic acid groups (broad SMARTS) is 1. The van der Waals surface area contributed by atoms with Gasteiger partial charge >= 0.3 is 0 Å². The third-order valence-corrected chi connectivity index (χ3v) is 6.06. The first-order chi connectivity index (χ1) is 14.4. The lowest BCUT2D eigenvalue weighted by molar-refractivity contribution is -0.378. The van der Waals surface area contributed by atoms with Crippen molar-refractivity contribution in [3.8, 4) is 11.3 Å². The smallest absolute Gasteiger partial charge is 0.266 e. The number of carbonyl (C=O) groups is 2. The molecule has 1 aliphatic heterocycles. The van der Waals surface area contributed by atoms with Crippen molar-refractivity contribution in [1.29, 1.82) is 0 Å². The maximum absolute atomic E-state index is 12.8. The maximum atomic E-state index is 12.8. The Bertz CT molecular complexity index is 1190. The molecule has 30 heavy (non-hydrogen) atoms. The quantitative estimate of drug-likeness (QED) is 0.433. The van der Waals surface area contributed by atoms with Crippen molar-refractivity contribution < 1.29 is 24.1 Å². The van der Waals surface area contributed by atoms with Crippen molar-refractivity contribution in [3.63, 3.8) is 0 Å². The second-order valence-electron chi connectivity index (χ2n) is 6.36. The first-order valence-electron chi connectivity index (χ1n) is 8.74. The van der Waals surface area contributed by atoms with E-state index in [1.807, 2.05) is 18.3 Å². The number of hydrogen-bond donors (Lipinski definition) is 0. The van der Waals surface area contributed by atoms with E-state index in [0.29, 0.717) is 32.9 Å². The largest absolute Gasteiger partial charge is 0.545 e. The summed E-state index contributed by atoms with van der Waals surface area (Å²) in [6, 6.07) is 11.6. The minimum Gasteiger partial charge on any atom is -0.545 e. The van der Waals surface area contributed by atoms with Crippen LogP contribution in [0.25, 0.3) is 17.4 Å². The molecule has 4 rings (SSSR count).